The maximum absolute atomic E-state index is 12.2. The van der Waals surface area contributed by atoms with Gasteiger partial charge in [0.15, 0.2) is 0 Å². The zero-order chi connectivity index (χ0) is 20.9. The second-order valence-corrected chi connectivity index (χ2v) is 12.0. The molecule has 3 N–H and O–H groups in total. The number of fused-ring (bicyclic) bond motifs is 2. The van der Waals surface area contributed by atoms with E-state index in [4.69, 9.17) is 4.42 Å². The number of benzene rings is 3. The van der Waals surface area contributed by atoms with Crippen LogP contribution in [0.4, 0.5) is 0 Å². The van der Waals surface area contributed by atoms with Crippen molar-refractivity contribution in [2.75, 3.05) is 0 Å². The molecule has 0 unspecified atom stereocenters. The minimum atomic E-state index is -2.67. The second-order valence-electron chi connectivity index (χ2n) is 6.33. The molecule has 0 saturated heterocycles. The summed E-state index contributed by atoms with van der Waals surface area (Å²) >= 11 is 3.88. The molecule has 0 fully saturated rings. The van der Waals surface area contributed by atoms with Crippen molar-refractivity contribution in [1.29, 1.82) is 0 Å². The molecule has 32 heavy (non-hydrogen) atoms. The van der Waals surface area contributed by atoms with Crippen LogP contribution in [0.15, 0.2) is 60.6 Å². The Balaban J connectivity index is 0.00000171. The second kappa shape index (κ2) is 13.0. The van der Waals surface area contributed by atoms with Crippen molar-refractivity contribution in [1.82, 2.24) is 0 Å². The first-order chi connectivity index (χ1) is 13.8. The molecular weight excluding hydrogens is 766 g/mol. The van der Waals surface area contributed by atoms with Gasteiger partial charge in [0.05, 0.1) is 0 Å². The third kappa shape index (κ3) is 5.80. The van der Waals surface area contributed by atoms with E-state index in [-0.39, 0.29) is 117 Å². The standard InChI is InChI=1S/C20H9Br2O5.Hg.3Na.H2O.3H/c21-13-5-11-17(7-15(13)23)27-18-8-16(24)14(22)6-12(18)19(11)9-3-1-2-4-10(9)20(25)26;;;;;;;;/h1-7,24H,(H,25,26);;;;;1H2;;;/q;+1;;;;;;;/p-1. The van der Waals surface area contributed by atoms with Gasteiger partial charge in [0.2, 0.25) is 0 Å². The predicted molar refractivity (Wildman–Crippen MR) is 132 cm³/mol. The van der Waals surface area contributed by atoms with Gasteiger partial charge in [-0.3, -0.25) is 0 Å². The van der Waals surface area contributed by atoms with Crippen LogP contribution in [0.25, 0.3) is 33.4 Å². The van der Waals surface area contributed by atoms with E-state index in [1.54, 1.807) is 30.3 Å². The molecule has 148 valence electrons. The van der Waals surface area contributed by atoms with Gasteiger partial charge in [-0.05, 0) is 0 Å². The van der Waals surface area contributed by atoms with E-state index in [1.807, 2.05) is 0 Å². The van der Waals surface area contributed by atoms with Gasteiger partial charge in [-0.25, -0.2) is 0 Å². The molecule has 4 rings (SSSR count). The Morgan fingerprint density at radius 2 is 1.62 bits per heavy atom. The molecule has 0 saturated carbocycles. The number of carboxylic acid groups (broad SMARTS) is 1. The Labute approximate surface area is 278 Å². The van der Waals surface area contributed by atoms with Crippen LogP contribution in [0.2, 0.25) is 0 Å². The fourth-order valence-corrected chi connectivity index (χ4v) is 8.09. The molecule has 2 aromatic rings. The normalized spacial score (nSPS) is 9.97. The van der Waals surface area contributed by atoms with E-state index < -0.39 is 31.0 Å². The van der Waals surface area contributed by atoms with E-state index in [1.165, 1.54) is 12.1 Å². The monoisotopic (exact) mass is 778 g/mol. The number of halogens is 2. The minimum absolute atomic E-state index is 0. The number of carbonyl (C=O) groups is 1. The van der Waals surface area contributed by atoms with Crippen molar-refractivity contribution in [3.05, 3.63) is 67.2 Å². The molecule has 0 bridgehead atoms. The Kier molecular flexibility index (Phi) is 12.7. The zero-order valence-corrected chi connectivity index (χ0v) is 23.2. The summed E-state index contributed by atoms with van der Waals surface area (Å²) in [6, 6.07) is 11.1. The van der Waals surface area contributed by atoms with Crippen LogP contribution in [0, 0.1) is 0 Å². The molecule has 0 amide bonds. The molecule has 2 aromatic carbocycles. The number of aromatic carboxylic acids is 1. The maximum atomic E-state index is 12.2. The first kappa shape index (κ1) is 31.3. The Morgan fingerprint density at radius 3 is 2.25 bits per heavy atom. The SMILES string of the molecule is O=C(O)c1ccccc1-c1c2cc(Br)c(=O)cc-2oc2[c]([Hg][OH])c(O)c(Br)cc12.[NaH].[NaH].[NaH]. The summed E-state index contributed by atoms with van der Waals surface area (Å²) in [5.41, 5.74) is 1.57. The van der Waals surface area contributed by atoms with Gasteiger partial charge in [-0.2, -0.15) is 0 Å². The summed E-state index contributed by atoms with van der Waals surface area (Å²) in [6.45, 7) is 0. The quantitative estimate of drug-likeness (QED) is 0.218. The van der Waals surface area contributed by atoms with Gasteiger partial charge in [-0.15, -0.1) is 0 Å². The number of rotatable bonds is 3. The summed E-state index contributed by atoms with van der Waals surface area (Å²) in [4.78, 5) is 24.0. The third-order valence-corrected chi connectivity index (χ3v) is 9.68. The van der Waals surface area contributed by atoms with E-state index >= 15 is 0 Å². The molecule has 0 aromatic heterocycles. The van der Waals surface area contributed by atoms with Crippen LogP contribution in [0.5, 0.6) is 5.75 Å². The van der Waals surface area contributed by atoms with Crippen LogP contribution in [0.1, 0.15) is 10.4 Å². The Hall–Kier alpha value is 1.26. The summed E-state index contributed by atoms with van der Waals surface area (Å²) in [6.07, 6.45) is 0. The summed E-state index contributed by atoms with van der Waals surface area (Å²) in [5.74, 6) is -0.949. The number of hydrogen-bond donors (Lipinski definition) is 3. The summed E-state index contributed by atoms with van der Waals surface area (Å²) in [5, 5.41) is 20.6. The van der Waals surface area contributed by atoms with Crippen LogP contribution in [0.3, 0.4) is 0 Å². The molecule has 1 heterocycles. The van der Waals surface area contributed by atoms with E-state index in [9.17, 15) is 22.8 Å². The third-order valence-electron chi connectivity index (χ3n) is 4.67. The van der Waals surface area contributed by atoms with E-state index in [2.05, 4.69) is 31.9 Å². The summed E-state index contributed by atoms with van der Waals surface area (Å²) < 4.78 is 17.0. The number of hydrogen-bond acceptors (Lipinski definition) is 5. The van der Waals surface area contributed by atoms with Crippen molar-refractivity contribution >= 4 is 141 Å². The molecule has 1 aliphatic carbocycles. The molecule has 2 aliphatic rings. The first-order valence-electron chi connectivity index (χ1n) is 8.37. The molecule has 1 aliphatic heterocycles. The zero-order valence-electron chi connectivity index (χ0n) is 14.6. The van der Waals surface area contributed by atoms with Crippen molar-refractivity contribution in [2.24, 2.45) is 0 Å². The van der Waals surface area contributed by atoms with Gasteiger partial charge in [0.1, 0.15) is 0 Å². The number of aromatic hydroxyl groups is 1. The molecule has 6 nitrogen and oxygen atoms in total. The van der Waals surface area contributed by atoms with Gasteiger partial charge in [-0.1, -0.05) is 0 Å². The predicted octanol–water partition coefficient (Wildman–Crippen LogP) is 2.16. The number of carboxylic acids is 1. The molecule has 0 atom stereocenters. The molecule has 12 heteroatoms. The average molecular weight is 779 g/mol. The molecular formula is C20H13Br2HgNa3O6. The van der Waals surface area contributed by atoms with Crippen molar-refractivity contribution in [2.45, 2.75) is 0 Å². The van der Waals surface area contributed by atoms with Gasteiger partial charge in [0, 0.05) is 0 Å². The number of phenolic OH excluding ortho intramolecular Hbond substituents is 1. The van der Waals surface area contributed by atoms with Crippen LogP contribution >= 0.6 is 31.9 Å². The number of phenols is 1. The van der Waals surface area contributed by atoms with E-state index in [0.717, 1.165) is 0 Å². The van der Waals surface area contributed by atoms with Crippen LogP contribution in [-0.4, -0.2) is 108 Å². The Bertz CT molecular complexity index is 1350. The van der Waals surface area contributed by atoms with Gasteiger partial charge >= 0.3 is 283 Å². The van der Waals surface area contributed by atoms with Crippen molar-refractivity contribution in [3.63, 3.8) is 0 Å². The molecule has 0 radical (unpaired) electrons. The fraction of sp³-hybridized carbons (Fsp3) is 0. The van der Waals surface area contributed by atoms with Crippen molar-refractivity contribution in [3.8, 4) is 28.2 Å². The van der Waals surface area contributed by atoms with Gasteiger partial charge in [0.25, 0.3) is 0 Å². The topological polar surface area (TPSA) is 108 Å². The Morgan fingerprint density at radius 1 is 0.969 bits per heavy atom. The van der Waals surface area contributed by atoms with E-state index in [0.29, 0.717) is 34.1 Å². The van der Waals surface area contributed by atoms with Crippen molar-refractivity contribution < 1.29 is 47.5 Å². The molecule has 0 spiro atoms. The first-order valence-corrected chi connectivity index (χ1v) is 15.2. The van der Waals surface area contributed by atoms with Crippen LogP contribution in [-0.2, 0) is 25.0 Å². The van der Waals surface area contributed by atoms with Gasteiger partial charge < -0.3 is 0 Å². The van der Waals surface area contributed by atoms with Crippen LogP contribution < -0.4 is 8.50 Å². The fourth-order valence-electron chi connectivity index (χ4n) is 3.37. The summed E-state index contributed by atoms with van der Waals surface area (Å²) in [7, 11) is 0. The average Bonchev–Trinajstić information content (AvgIpc) is 2.69.